The highest BCUT2D eigenvalue weighted by molar-refractivity contribution is 5.14. The van der Waals surface area contributed by atoms with Gasteiger partial charge in [0.05, 0.1) is 6.26 Å². The Morgan fingerprint density at radius 3 is 3.11 bits per heavy atom. The maximum Gasteiger partial charge on any atom is 0.109 e. The Morgan fingerprint density at radius 1 is 1.67 bits per heavy atom. The van der Waals surface area contributed by atoms with Crippen LogP contribution in [0.1, 0.15) is 19.8 Å². The molecule has 0 amide bonds. The Labute approximate surface area is 56.0 Å². The molecule has 0 aromatic rings. The smallest absolute Gasteiger partial charge is 0.109 e. The van der Waals surface area contributed by atoms with E-state index in [2.05, 4.69) is 13.0 Å². The average Bonchev–Trinajstić information content (AvgIpc) is 1.91. The number of ether oxygens (including phenoxy) is 1. The molecule has 1 heterocycles. The van der Waals surface area contributed by atoms with Crippen molar-refractivity contribution in [1.82, 2.24) is 0 Å². The number of hydrogen-bond donors (Lipinski definition) is 0. The van der Waals surface area contributed by atoms with Gasteiger partial charge in [-0.05, 0) is 18.1 Å². The van der Waals surface area contributed by atoms with E-state index in [1.54, 1.807) is 6.26 Å². The van der Waals surface area contributed by atoms with Gasteiger partial charge in [-0.25, -0.2) is 0 Å². The summed E-state index contributed by atoms with van der Waals surface area (Å²) in [5.41, 5.74) is 1.40. The van der Waals surface area contributed by atoms with Gasteiger partial charge in [0.25, 0.3) is 0 Å². The Hall–Kier alpha value is -0.720. The largest absolute Gasteiger partial charge is 0.497 e. The van der Waals surface area contributed by atoms with Crippen LogP contribution in [-0.2, 0) is 4.74 Å². The standard InChI is InChI=1S/C8H12O/c1-2-4-8-5-3-6-9-7-8/h3,5-6H,2,4,7H2,1H3. The van der Waals surface area contributed by atoms with Crippen LogP contribution in [0.25, 0.3) is 0 Å². The molecule has 0 spiro atoms. The third-order valence-corrected chi connectivity index (χ3v) is 1.35. The van der Waals surface area contributed by atoms with Gasteiger partial charge in [-0.1, -0.05) is 19.4 Å². The Morgan fingerprint density at radius 2 is 2.56 bits per heavy atom. The van der Waals surface area contributed by atoms with E-state index in [-0.39, 0.29) is 0 Å². The van der Waals surface area contributed by atoms with E-state index in [4.69, 9.17) is 4.74 Å². The zero-order valence-electron chi connectivity index (χ0n) is 5.76. The fourth-order valence-corrected chi connectivity index (χ4v) is 0.911. The zero-order chi connectivity index (χ0) is 6.53. The lowest BCUT2D eigenvalue weighted by Crippen LogP contribution is -1.96. The lowest BCUT2D eigenvalue weighted by atomic mass is 10.1. The van der Waals surface area contributed by atoms with Crippen molar-refractivity contribution in [3.63, 3.8) is 0 Å². The van der Waals surface area contributed by atoms with Gasteiger partial charge in [0.2, 0.25) is 0 Å². The average molecular weight is 124 g/mol. The van der Waals surface area contributed by atoms with Crippen LogP contribution in [0.3, 0.4) is 0 Å². The van der Waals surface area contributed by atoms with E-state index < -0.39 is 0 Å². The molecule has 1 nitrogen and oxygen atoms in total. The molecule has 0 N–H and O–H groups in total. The molecule has 1 aliphatic heterocycles. The van der Waals surface area contributed by atoms with Gasteiger partial charge in [-0.3, -0.25) is 0 Å². The van der Waals surface area contributed by atoms with Gasteiger partial charge in [0.15, 0.2) is 0 Å². The molecule has 0 radical (unpaired) electrons. The lowest BCUT2D eigenvalue weighted by molar-refractivity contribution is 0.272. The quantitative estimate of drug-likeness (QED) is 0.548. The first-order chi connectivity index (χ1) is 4.43. The third-order valence-electron chi connectivity index (χ3n) is 1.35. The minimum absolute atomic E-state index is 0.796. The SMILES string of the molecule is CCCC1=CC=COC1. The number of hydrogen-bond acceptors (Lipinski definition) is 1. The molecule has 0 saturated heterocycles. The van der Waals surface area contributed by atoms with Crippen molar-refractivity contribution in [2.45, 2.75) is 19.8 Å². The Bertz CT molecular complexity index is 134. The normalized spacial score (nSPS) is 16.8. The molecule has 1 rings (SSSR count). The molecule has 0 aliphatic carbocycles. The van der Waals surface area contributed by atoms with Crippen LogP contribution < -0.4 is 0 Å². The minimum Gasteiger partial charge on any atom is -0.497 e. The summed E-state index contributed by atoms with van der Waals surface area (Å²) in [5, 5.41) is 0. The number of rotatable bonds is 2. The monoisotopic (exact) mass is 124 g/mol. The Balaban J connectivity index is 2.38. The van der Waals surface area contributed by atoms with Gasteiger partial charge < -0.3 is 4.74 Å². The van der Waals surface area contributed by atoms with Crippen molar-refractivity contribution in [3.05, 3.63) is 24.0 Å². The van der Waals surface area contributed by atoms with Crippen molar-refractivity contribution < 1.29 is 4.74 Å². The molecule has 50 valence electrons. The van der Waals surface area contributed by atoms with E-state index in [1.807, 2.05) is 6.08 Å². The highest BCUT2D eigenvalue weighted by atomic mass is 16.5. The van der Waals surface area contributed by atoms with Gasteiger partial charge in [0.1, 0.15) is 6.61 Å². The van der Waals surface area contributed by atoms with Gasteiger partial charge in [0, 0.05) is 0 Å². The van der Waals surface area contributed by atoms with Crippen molar-refractivity contribution in [3.8, 4) is 0 Å². The molecule has 0 unspecified atom stereocenters. The van der Waals surface area contributed by atoms with Crippen molar-refractivity contribution in [2.24, 2.45) is 0 Å². The molecular formula is C8H12O. The second-order valence-corrected chi connectivity index (χ2v) is 2.21. The summed E-state index contributed by atoms with van der Waals surface area (Å²) >= 11 is 0. The number of allylic oxidation sites excluding steroid dienone is 2. The van der Waals surface area contributed by atoms with E-state index in [9.17, 15) is 0 Å². The van der Waals surface area contributed by atoms with E-state index in [0.29, 0.717) is 0 Å². The van der Waals surface area contributed by atoms with Crippen LogP contribution in [0, 0.1) is 0 Å². The molecule has 0 bridgehead atoms. The second kappa shape index (κ2) is 3.33. The molecule has 0 fully saturated rings. The summed E-state index contributed by atoms with van der Waals surface area (Å²) in [6.07, 6.45) is 8.20. The third kappa shape index (κ3) is 1.92. The molecule has 0 atom stereocenters. The highest BCUT2D eigenvalue weighted by Crippen LogP contribution is 2.08. The lowest BCUT2D eigenvalue weighted by Gasteiger charge is -2.07. The second-order valence-electron chi connectivity index (χ2n) is 2.21. The van der Waals surface area contributed by atoms with Crippen LogP contribution in [0.15, 0.2) is 24.0 Å². The van der Waals surface area contributed by atoms with Crippen LogP contribution in [0.2, 0.25) is 0 Å². The van der Waals surface area contributed by atoms with Crippen LogP contribution >= 0.6 is 0 Å². The minimum atomic E-state index is 0.796. The van der Waals surface area contributed by atoms with E-state index in [0.717, 1.165) is 6.61 Å². The fraction of sp³-hybridized carbons (Fsp3) is 0.500. The summed E-state index contributed by atoms with van der Waals surface area (Å²) < 4.78 is 5.09. The summed E-state index contributed by atoms with van der Waals surface area (Å²) in [6.45, 7) is 2.98. The van der Waals surface area contributed by atoms with E-state index in [1.165, 1.54) is 18.4 Å². The van der Waals surface area contributed by atoms with Crippen molar-refractivity contribution in [1.29, 1.82) is 0 Å². The van der Waals surface area contributed by atoms with Crippen molar-refractivity contribution >= 4 is 0 Å². The zero-order valence-corrected chi connectivity index (χ0v) is 5.76. The van der Waals surface area contributed by atoms with Crippen LogP contribution in [-0.4, -0.2) is 6.61 Å². The predicted octanol–water partition coefficient (Wildman–Crippen LogP) is 2.26. The predicted molar refractivity (Wildman–Crippen MR) is 38.1 cm³/mol. The molecule has 1 heteroatoms. The topological polar surface area (TPSA) is 9.23 Å². The summed E-state index contributed by atoms with van der Waals surface area (Å²) in [5.74, 6) is 0. The maximum absolute atomic E-state index is 5.09. The summed E-state index contributed by atoms with van der Waals surface area (Å²) in [7, 11) is 0. The van der Waals surface area contributed by atoms with Gasteiger partial charge >= 0.3 is 0 Å². The first-order valence-corrected chi connectivity index (χ1v) is 3.39. The Kier molecular flexibility index (Phi) is 2.37. The highest BCUT2D eigenvalue weighted by Gasteiger charge is 1.96. The summed E-state index contributed by atoms with van der Waals surface area (Å²) in [6, 6.07) is 0. The van der Waals surface area contributed by atoms with Gasteiger partial charge in [-0.15, -0.1) is 0 Å². The first-order valence-electron chi connectivity index (χ1n) is 3.39. The van der Waals surface area contributed by atoms with Crippen LogP contribution in [0.4, 0.5) is 0 Å². The summed E-state index contributed by atoms with van der Waals surface area (Å²) in [4.78, 5) is 0. The molecule has 1 aliphatic rings. The van der Waals surface area contributed by atoms with Crippen molar-refractivity contribution in [2.75, 3.05) is 6.61 Å². The molecule has 0 aromatic carbocycles. The van der Waals surface area contributed by atoms with E-state index >= 15 is 0 Å². The fourth-order valence-electron chi connectivity index (χ4n) is 0.911. The maximum atomic E-state index is 5.09. The van der Waals surface area contributed by atoms with Crippen LogP contribution in [0.5, 0.6) is 0 Å². The molecular weight excluding hydrogens is 112 g/mol. The van der Waals surface area contributed by atoms with Gasteiger partial charge in [-0.2, -0.15) is 0 Å². The molecule has 0 saturated carbocycles. The molecule has 9 heavy (non-hydrogen) atoms. The first kappa shape index (κ1) is 6.40. The molecule has 0 aromatic heterocycles.